The first-order valence-corrected chi connectivity index (χ1v) is 6.53. The van der Waals surface area contributed by atoms with Crippen LogP contribution < -0.4 is 0 Å². The van der Waals surface area contributed by atoms with Crippen molar-refractivity contribution in [3.63, 3.8) is 0 Å². The quantitative estimate of drug-likeness (QED) is 0.772. The molecule has 1 unspecified atom stereocenters. The molecule has 4 heteroatoms. The molecular weight excluding hydrogens is 216 g/mol. The van der Waals surface area contributed by atoms with Gasteiger partial charge < -0.3 is 5.21 Å². The van der Waals surface area contributed by atoms with Crippen molar-refractivity contribution in [2.75, 3.05) is 13.6 Å². The molecule has 17 heavy (non-hydrogen) atoms. The SMILES string of the molecule is CN([O])C(C)(C)CCC1CCC(C)(C)N(O)C1. The zero-order valence-electron chi connectivity index (χ0n) is 11.9. The van der Waals surface area contributed by atoms with Gasteiger partial charge in [-0.25, -0.2) is 0 Å². The summed E-state index contributed by atoms with van der Waals surface area (Å²) >= 11 is 0. The number of piperidine rings is 1. The lowest BCUT2D eigenvalue weighted by atomic mass is 9.82. The first-order valence-electron chi connectivity index (χ1n) is 6.53. The van der Waals surface area contributed by atoms with E-state index in [4.69, 9.17) is 0 Å². The first-order chi connectivity index (χ1) is 7.65. The van der Waals surface area contributed by atoms with Crippen LogP contribution in [0.2, 0.25) is 0 Å². The molecule has 0 aromatic rings. The zero-order chi connectivity index (χ0) is 13.3. The van der Waals surface area contributed by atoms with Crippen molar-refractivity contribution in [2.45, 2.75) is 64.5 Å². The highest BCUT2D eigenvalue weighted by Crippen LogP contribution is 2.32. The lowest BCUT2D eigenvalue weighted by Gasteiger charge is -2.42. The fraction of sp³-hybridized carbons (Fsp3) is 1.00. The Labute approximate surface area is 105 Å². The van der Waals surface area contributed by atoms with E-state index in [1.165, 1.54) is 5.06 Å². The molecule has 1 aliphatic rings. The summed E-state index contributed by atoms with van der Waals surface area (Å²) in [6.07, 6.45) is 4.04. The van der Waals surface area contributed by atoms with Crippen LogP contribution in [0.1, 0.15) is 53.4 Å². The molecule has 1 rings (SSSR count). The topological polar surface area (TPSA) is 46.6 Å². The highest BCUT2D eigenvalue weighted by atomic mass is 16.5. The molecule has 0 aliphatic carbocycles. The second kappa shape index (κ2) is 5.22. The molecular formula is C13H27N2O2. The summed E-state index contributed by atoms with van der Waals surface area (Å²) in [4.78, 5) is 0. The average molecular weight is 243 g/mol. The molecule has 0 aromatic heterocycles. The molecule has 1 heterocycles. The van der Waals surface area contributed by atoms with E-state index in [0.717, 1.165) is 37.3 Å². The van der Waals surface area contributed by atoms with E-state index in [9.17, 15) is 10.4 Å². The molecule has 101 valence electrons. The minimum Gasteiger partial charge on any atom is -0.313 e. The van der Waals surface area contributed by atoms with Crippen LogP contribution >= 0.6 is 0 Å². The summed E-state index contributed by atoms with van der Waals surface area (Å²) in [5.74, 6) is 0.507. The molecule has 0 spiro atoms. The molecule has 0 amide bonds. The monoisotopic (exact) mass is 243 g/mol. The molecule has 0 aromatic carbocycles. The van der Waals surface area contributed by atoms with Gasteiger partial charge >= 0.3 is 0 Å². The second-order valence-electron chi connectivity index (χ2n) is 6.65. The van der Waals surface area contributed by atoms with E-state index in [-0.39, 0.29) is 11.1 Å². The largest absolute Gasteiger partial charge is 0.313 e. The average Bonchev–Trinajstić information content (AvgIpc) is 2.20. The van der Waals surface area contributed by atoms with Crippen molar-refractivity contribution < 1.29 is 10.4 Å². The van der Waals surface area contributed by atoms with Crippen LogP contribution in [0.25, 0.3) is 0 Å². The van der Waals surface area contributed by atoms with E-state index in [0.29, 0.717) is 5.92 Å². The molecule has 1 atom stereocenters. The fourth-order valence-electron chi connectivity index (χ4n) is 2.22. The predicted octanol–water partition coefficient (Wildman–Crippen LogP) is 2.70. The number of rotatable bonds is 4. The third kappa shape index (κ3) is 3.91. The van der Waals surface area contributed by atoms with Gasteiger partial charge in [-0.1, -0.05) is 0 Å². The van der Waals surface area contributed by atoms with Crippen LogP contribution in [0.5, 0.6) is 0 Å². The van der Waals surface area contributed by atoms with Crippen molar-refractivity contribution in [2.24, 2.45) is 5.92 Å². The Hall–Kier alpha value is -0.160. The highest BCUT2D eigenvalue weighted by Gasteiger charge is 2.34. The van der Waals surface area contributed by atoms with Gasteiger partial charge in [-0.2, -0.15) is 10.1 Å². The minimum absolute atomic E-state index is 0.0959. The Morgan fingerprint density at radius 2 is 2.06 bits per heavy atom. The highest BCUT2D eigenvalue weighted by molar-refractivity contribution is 4.85. The number of nitrogens with zero attached hydrogens (tertiary/aromatic N) is 2. The normalized spacial score (nSPS) is 26.5. The van der Waals surface area contributed by atoms with Gasteiger partial charge in [0.15, 0.2) is 0 Å². The Morgan fingerprint density at radius 3 is 2.53 bits per heavy atom. The maximum Gasteiger partial charge on any atom is 0.0434 e. The van der Waals surface area contributed by atoms with Gasteiger partial charge in [0.05, 0.1) is 0 Å². The summed E-state index contributed by atoms with van der Waals surface area (Å²) < 4.78 is 0. The van der Waals surface area contributed by atoms with E-state index in [2.05, 4.69) is 13.8 Å². The van der Waals surface area contributed by atoms with Crippen LogP contribution in [0.15, 0.2) is 0 Å². The van der Waals surface area contributed by atoms with E-state index in [1.54, 1.807) is 7.05 Å². The standard InChI is InChI=1S/C13H27N2O2/c1-12(2,14(5)16)8-6-11-7-9-13(3,4)15(17)10-11/h11,17H,6-10H2,1-5H3. The molecule has 1 saturated heterocycles. The summed E-state index contributed by atoms with van der Waals surface area (Å²) in [5.41, 5.74) is -0.394. The molecule has 1 aliphatic heterocycles. The van der Waals surface area contributed by atoms with Crippen molar-refractivity contribution in [3.05, 3.63) is 0 Å². The van der Waals surface area contributed by atoms with Crippen LogP contribution in [0.3, 0.4) is 0 Å². The molecule has 4 nitrogen and oxygen atoms in total. The molecule has 1 radical (unpaired) electrons. The second-order valence-corrected chi connectivity index (χ2v) is 6.65. The Bertz CT molecular complexity index is 252. The molecule has 1 N–H and O–H groups in total. The maximum absolute atomic E-state index is 11.4. The van der Waals surface area contributed by atoms with Gasteiger partial charge in [-0.15, -0.1) is 5.21 Å². The van der Waals surface area contributed by atoms with Crippen molar-refractivity contribution in [1.29, 1.82) is 0 Å². The maximum atomic E-state index is 11.4. The van der Waals surface area contributed by atoms with Crippen molar-refractivity contribution in [3.8, 4) is 0 Å². The predicted molar refractivity (Wildman–Crippen MR) is 67.1 cm³/mol. The van der Waals surface area contributed by atoms with Crippen LogP contribution in [-0.4, -0.2) is 40.0 Å². The van der Waals surface area contributed by atoms with Crippen LogP contribution in [0.4, 0.5) is 0 Å². The smallest absolute Gasteiger partial charge is 0.0434 e. The summed E-state index contributed by atoms with van der Waals surface area (Å²) in [7, 11) is 1.59. The van der Waals surface area contributed by atoms with E-state index < -0.39 is 0 Å². The number of hydrogen-bond donors (Lipinski definition) is 1. The van der Waals surface area contributed by atoms with E-state index >= 15 is 0 Å². The summed E-state index contributed by atoms with van der Waals surface area (Å²) in [6, 6.07) is 0. The Kier molecular flexibility index (Phi) is 4.58. The Morgan fingerprint density at radius 1 is 1.47 bits per heavy atom. The summed E-state index contributed by atoms with van der Waals surface area (Å²) in [6.45, 7) is 8.82. The van der Waals surface area contributed by atoms with E-state index in [1.807, 2.05) is 13.8 Å². The van der Waals surface area contributed by atoms with Crippen LogP contribution in [0, 0.1) is 5.92 Å². The van der Waals surface area contributed by atoms with Gasteiger partial charge in [-0.05, 0) is 59.3 Å². The van der Waals surface area contributed by atoms with Gasteiger partial charge in [-0.3, -0.25) is 0 Å². The Balaban J connectivity index is 2.40. The third-order valence-corrected chi connectivity index (χ3v) is 4.31. The van der Waals surface area contributed by atoms with Gasteiger partial charge in [0.25, 0.3) is 0 Å². The van der Waals surface area contributed by atoms with Crippen molar-refractivity contribution >= 4 is 0 Å². The molecule has 0 bridgehead atoms. The first kappa shape index (κ1) is 14.9. The third-order valence-electron chi connectivity index (χ3n) is 4.31. The summed E-state index contributed by atoms with van der Waals surface area (Å²) in [5, 5.41) is 23.8. The lowest BCUT2D eigenvalue weighted by molar-refractivity contribution is -0.205. The molecule has 0 saturated carbocycles. The minimum atomic E-state index is -0.298. The van der Waals surface area contributed by atoms with Crippen molar-refractivity contribution in [1.82, 2.24) is 10.1 Å². The number of hydrogen-bond acceptors (Lipinski definition) is 3. The van der Waals surface area contributed by atoms with Gasteiger partial charge in [0.1, 0.15) is 0 Å². The zero-order valence-corrected chi connectivity index (χ0v) is 11.9. The van der Waals surface area contributed by atoms with Gasteiger partial charge in [0, 0.05) is 24.7 Å². The van der Waals surface area contributed by atoms with Crippen LogP contribution in [-0.2, 0) is 5.21 Å². The molecule has 1 fully saturated rings. The fourth-order valence-corrected chi connectivity index (χ4v) is 2.22. The lowest BCUT2D eigenvalue weighted by Crippen LogP contribution is -2.48. The van der Waals surface area contributed by atoms with Gasteiger partial charge in [0.2, 0.25) is 0 Å². The number of hydroxylamine groups is 4.